The second-order valence-corrected chi connectivity index (χ2v) is 9.42. The van der Waals surface area contributed by atoms with Gasteiger partial charge in [-0.05, 0) is 49.3 Å². The second kappa shape index (κ2) is 6.94. The molecule has 0 saturated carbocycles. The number of aromatic nitrogens is 1. The van der Waals surface area contributed by atoms with Gasteiger partial charge < -0.3 is 4.98 Å². The fraction of sp³-hybridized carbons (Fsp3) is 0. The molecule has 0 spiro atoms. The summed E-state index contributed by atoms with van der Waals surface area (Å²) in [6.07, 6.45) is 0. The molecule has 0 fully saturated rings. The van der Waals surface area contributed by atoms with Crippen LogP contribution in [0.25, 0.3) is 76.0 Å². The van der Waals surface area contributed by atoms with Gasteiger partial charge >= 0.3 is 0 Å². The van der Waals surface area contributed by atoms with E-state index in [0.29, 0.717) is 0 Å². The summed E-state index contributed by atoms with van der Waals surface area (Å²) in [5.41, 5.74) is 4.96. The molecule has 0 atom stereocenters. The summed E-state index contributed by atoms with van der Waals surface area (Å²) in [7, 11) is 0. The maximum absolute atomic E-state index is 3.89. The van der Waals surface area contributed by atoms with Crippen molar-refractivity contribution in [3.8, 4) is 11.1 Å². The van der Waals surface area contributed by atoms with Gasteiger partial charge in [-0.3, -0.25) is 0 Å². The van der Waals surface area contributed by atoms with Gasteiger partial charge in [0.15, 0.2) is 0 Å². The lowest BCUT2D eigenvalue weighted by Crippen LogP contribution is -1.88. The molecule has 8 rings (SSSR count). The lowest BCUT2D eigenvalue weighted by molar-refractivity contribution is 1.57. The van der Waals surface area contributed by atoms with E-state index in [0.717, 1.165) is 0 Å². The Labute approximate surface area is 202 Å². The summed E-state index contributed by atoms with van der Waals surface area (Å²) in [5.74, 6) is 0. The van der Waals surface area contributed by atoms with Crippen LogP contribution in [-0.2, 0) is 0 Å². The molecule has 0 aliphatic carbocycles. The Morgan fingerprint density at radius 3 is 1.74 bits per heavy atom. The van der Waals surface area contributed by atoms with E-state index < -0.39 is 0 Å². The minimum absolute atomic E-state index is 1.20. The third-order valence-corrected chi connectivity index (χ3v) is 7.58. The summed E-state index contributed by atoms with van der Waals surface area (Å²) < 4.78 is 0. The summed E-state index contributed by atoms with van der Waals surface area (Å²) in [6, 6.07) is 44.2. The molecular weight excluding hydrogens is 422 g/mol. The van der Waals surface area contributed by atoms with E-state index in [1.165, 1.54) is 76.0 Å². The van der Waals surface area contributed by atoms with Crippen LogP contribution in [0, 0.1) is 0 Å². The Hall–Kier alpha value is -4.62. The van der Waals surface area contributed by atoms with E-state index in [1.54, 1.807) is 0 Å². The van der Waals surface area contributed by atoms with E-state index >= 15 is 0 Å². The van der Waals surface area contributed by atoms with Crippen LogP contribution >= 0.6 is 0 Å². The van der Waals surface area contributed by atoms with E-state index in [9.17, 15) is 0 Å². The van der Waals surface area contributed by atoms with Crippen LogP contribution in [0.5, 0.6) is 0 Å². The molecule has 0 bridgehead atoms. The van der Waals surface area contributed by atoms with Crippen molar-refractivity contribution in [3.05, 3.63) is 121 Å². The Balaban J connectivity index is 1.66. The quantitative estimate of drug-likeness (QED) is 0.243. The van der Waals surface area contributed by atoms with Gasteiger partial charge in [0.1, 0.15) is 0 Å². The molecule has 1 heteroatoms. The van der Waals surface area contributed by atoms with Gasteiger partial charge in [-0.15, -0.1) is 0 Å². The van der Waals surface area contributed by atoms with Crippen molar-refractivity contribution in [3.63, 3.8) is 0 Å². The van der Waals surface area contributed by atoms with Crippen LogP contribution in [0.3, 0.4) is 0 Å². The number of fused-ring (bicyclic) bond motifs is 9. The fourth-order valence-corrected chi connectivity index (χ4v) is 5.98. The minimum atomic E-state index is 1.20. The first-order chi connectivity index (χ1) is 17.4. The predicted molar refractivity (Wildman–Crippen MR) is 151 cm³/mol. The molecule has 0 aliphatic rings. The third kappa shape index (κ3) is 2.58. The van der Waals surface area contributed by atoms with Gasteiger partial charge in [0.05, 0.1) is 11.0 Å². The zero-order valence-electron chi connectivity index (χ0n) is 19.0. The molecular formula is C34H21N. The van der Waals surface area contributed by atoms with Crippen molar-refractivity contribution in [2.45, 2.75) is 0 Å². The van der Waals surface area contributed by atoms with E-state index in [-0.39, 0.29) is 0 Å². The van der Waals surface area contributed by atoms with Crippen LogP contribution < -0.4 is 0 Å². The molecule has 8 aromatic rings. The highest BCUT2D eigenvalue weighted by Crippen LogP contribution is 2.44. The summed E-state index contributed by atoms with van der Waals surface area (Å²) in [5, 5.41) is 12.8. The van der Waals surface area contributed by atoms with Gasteiger partial charge in [0.2, 0.25) is 0 Å². The summed E-state index contributed by atoms with van der Waals surface area (Å²) >= 11 is 0. The van der Waals surface area contributed by atoms with Crippen molar-refractivity contribution >= 4 is 64.9 Å². The molecule has 0 amide bonds. The van der Waals surface area contributed by atoms with Crippen LogP contribution in [0.2, 0.25) is 0 Å². The van der Waals surface area contributed by atoms with Gasteiger partial charge in [0.25, 0.3) is 0 Å². The van der Waals surface area contributed by atoms with E-state index in [1.807, 2.05) is 0 Å². The number of hydrogen-bond donors (Lipinski definition) is 1. The highest BCUT2D eigenvalue weighted by atomic mass is 14.7. The number of nitrogens with one attached hydrogen (secondary N) is 1. The average Bonchev–Trinajstić information content (AvgIpc) is 3.30. The maximum Gasteiger partial charge on any atom is 0.0551 e. The van der Waals surface area contributed by atoms with Crippen LogP contribution in [0.15, 0.2) is 121 Å². The second-order valence-electron chi connectivity index (χ2n) is 9.42. The monoisotopic (exact) mass is 443 g/mol. The molecule has 1 heterocycles. The van der Waals surface area contributed by atoms with Crippen molar-refractivity contribution in [1.29, 1.82) is 0 Å². The number of hydrogen-bond acceptors (Lipinski definition) is 0. The Kier molecular flexibility index (Phi) is 3.72. The van der Waals surface area contributed by atoms with Crippen molar-refractivity contribution in [1.82, 2.24) is 4.98 Å². The molecule has 0 radical (unpaired) electrons. The zero-order valence-corrected chi connectivity index (χ0v) is 19.0. The predicted octanol–water partition coefficient (Wildman–Crippen LogP) is 9.60. The first-order valence-electron chi connectivity index (χ1n) is 12.1. The first-order valence-corrected chi connectivity index (χ1v) is 12.1. The van der Waals surface area contributed by atoms with Gasteiger partial charge in [-0.25, -0.2) is 0 Å². The highest BCUT2D eigenvalue weighted by Gasteiger charge is 2.18. The Morgan fingerprint density at radius 1 is 0.343 bits per heavy atom. The topological polar surface area (TPSA) is 15.8 Å². The normalized spacial score (nSPS) is 12.0. The van der Waals surface area contributed by atoms with Crippen molar-refractivity contribution in [2.75, 3.05) is 0 Å². The highest BCUT2D eigenvalue weighted by molar-refractivity contribution is 6.28. The molecule has 35 heavy (non-hydrogen) atoms. The van der Waals surface area contributed by atoms with E-state index in [2.05, 4.69) is 126 Å². The lowest BCUT2D eigenvalue weighted by atomic mass is 9.90. The summed E-state index contributed by atoms with van der Waals surface area (Å²) in [4.78, 5) is 3.89. The maximum atomic E-state index is 3.89. The zero-order chi connectivity index (χ0) is 22.9. The third-order valence-electron chi connectivity index (χ3n) is 7.58. The van der Waals surface area contributed by atoms with Crippen LogP contribution in [0.1, 0.15) is 0 Å². The van der Waals surface area contributed by atoms with Gasteiger partial charge in [0, 0.05) is 21.7 Å². The summed E-state index contributed by atoms with van der Waals surface area (Å²) in [6.45, 7) is 0. The molecule has 1 aromatic heterocycles. The first kappa shape index (κ1) is 18.8. The largest absolute Gasteiger partial charge is 0.353 e. The molecule has 1 nitrogen and oxygen atoms in total. The standard InChI is InChI=1S/C34H21N/c1-4-12-24-21(8-1)11-7-15-27(24)32-28-18-16-22-9-2-5-13-25(22)30(28)20-31-29-19-17-23-10-3-6-14-26(23)33(29)35-34(31)32/h1-20,35H. The SMILES string of the molecule is c1ccc2c(-c3c4ccc5ccccc5c4cc4c3[nH]c3c5ccccc5ccc43)cccc2c1. The van der Waals surface area contributed by atoms with Gasteiger partial charge in [-0.2, -0.15) is 0 Å². The smallest absolute Gasteiger partial charge is 0.0551 e. The fourth-order valence-electron chi connectivity index (χ4n) is 5.98. The molecule has 0 unspecified atom stereocenters. The average molecular weight is 444 g/mol. The van der Waals surface area contributed by atoms with Crippen molar-refractivity contribution < 1.29 is 0 Å². The molecule has 7 aromatic carbocycles. The number of H-pyrrole nitrogens is 1. The minimum Gasteiger partial charge on any atom is -0.353 e. The molecule has 1 N–H and O–H groups in total. The Bertz CT molecular complexity index is 2100. The van der Waals surface area contributed by atoms with Crippen LogP contribution in [0.4, 0.5) is 0 Å². The molecule has 0 saturated heterocycles. The lowest BCUT2D eigenvalue weighted by Gasteiger charge is -2.14. The van der Waals surface area contributed by atoms with Crippen LogP contribution in [-0.4, -0.2) is 4.98 Å². The number of aromatic amines is 1. The molecule has 162 valence electrons. The van der Waals surface area contributed by atoms with Crippen molar-refractivity contribution in [2.24, 2.45) is 0 Å². The number of rotatable bonds is 1. The number of benzene rings is 7. The molecule has 0 aliphatic heterocycles. The van der Waals surface area contributed by atoms with E-state index in [4.69, 9.17) is 0 Å². The Morgan fingerprint density at radius 2 is 0.943 bits per heavy atom. The van der Waals surface area contributed by atoms with Gasteiger partial charge in [-0.1, -0.05) is 115 Å².